The van der Waals surface area contributed by atoms with Crippen molar-refractivity contribution in [3.63, 3.8) is 0 Å². The number of hydrogen-bond donors (Lipinski definition) is 3. The molecular formula is C11H13FN2OS. The van der Waals surface area contributed by atoms with Gasteiger partial charge in [0.2, 0.25) is 6.41 Å². The van der Waals surface area contributed by atoms with E-state index < -0.39 is 0 Å². The van der Waals surface area contributed by atoms with Crippen LogP contribution in [0, 0.1) is 19.7 Å². The van der Waals surface area contributed by atoms with Gasteiger partial charge < -0.3 is 9.71 Å². The molecule has 0 radical (unpaired) electrons. The van der Waals surface area contributed by atoms with Gasteiger partial charge in [0, 0.05) is 11.1 Å². The first-order valence-electron chi connectivity index (χ1n) is 4.68. The minimum atomic E-state index is -0.153. The third kappa shape index (κ3) is 2.76. The van der Waals surface area contributed by atoms with E-state index >= 15 is 0 Å². The van der Waals surface area contributed by atoms with E-state index in [-0.39, 0.29) is 5.82 Å². The fourth-order valence-electron chi connectivity index (χ4n) is 1.46. The number of rotatable bonds is 1. The van der Waals surface area contributed by atoms with Gasteiger partial charge in [0.15, 0.2) is 0 Å². The van der Waals surface area contributed by atoms with Crippen LogP contribution in [0.5, 0.6) is 0 Å². The second-order valence-electron chi connectivity index (χ2n) is 3.35. The van der Waals surface area contributed by atoms with Gasteiger partial charge in [-0.2, -0.15) is 0 Å². The molecule has 1 heterocycles. The molecule has 2 N–H and O–H groups in total. The Morgan fingerprint density at radius 1 is 1.44 bits per heavy atom. The summed E-state index contributed by atoms with van der Waals surface area (Å²) < 4.78 is 15.1. The number of fused-ring (bicyclic) bond motifs is 1. The molecule has 0 fully saturated rings. The lowest BCUT2D eigenvalue weighted by molar-refractivity contribution is -0.107. The minimum Gasteiger partial charge on any atom is -0.358 e. The van der Waals surface area contributed by atoms with Gasteiger partial charge in [-0.25, -0.2) is 4.39 Å². The fourth-order valence-corrected chi connectivity index (χ4v) is 1.46. The standard InChI is InChI=1S/C10H10FN.CH3NOS/c1-6-3-4-9(11)8-5-7(2)12-10(6)8;3-1-2-4/h3-5,12H,1-2H3;1,4H,(H,2,3). The third-order valence-corrected chi connectivity index (χ3v) is 2.24. The predicted molar refractivity (Wildman–Crippen MR) is 65.9 cm³/mol. The summed E-state index contributed by atoms with van der Waals surface area (Å²) in [7, 11) is 0. The van der Waals surface area contributed by atoms with E-state index in [0.29, 0.717) is 11.8 Å². The van der Waals surface area contributed by atoms with Crippen molar-refractivity contribution in [3.05, 3.63) is 35.3 Å². The average molecular weight is 240 g/mol. The summed E-state index contributed by atoms with van der Waals surface area (Å²) in [5.41, 5.74) is 2.99. The van der Waals surface area contributed by atoms with Crippen molar-refractivity contribution in [2.24, 2.45) is 0 Å². The van der Waals surface area contributed by atoms with Crippen molar-refractivity contribution in [1.29, 1.82) is 0 Å². The molecular weight excluding hydrogens is 227 g/mol. The lowest BCUT2D eigenvalue weighted by Gasteiger charge is -1.95. The summed E-state index contributed by atoms with van der Waals surface area (Å²) in [6, 6.07) is 5.12. The largest absolute Gasteiger partial charge is 0.358 e. The quantitative estimate of drug-likeness (QED) is 0.520. The Labute approximate surface area is 98.6 Å². The van der Waals surface area contributed by atoms with Crippen LogP contribution in [0.2, 0.25) is 0 Å². The van der Waals surface area contributed by atoms with Crippen molar-refractivity contribution >= 4 is 30.1 Å². The van der Waals surface area contributed by atoms with Gasteiger partial charge in [-0.15, -0.1) is 0 Å². The van der Waals surface area contributed by atoms with Crippen LogP contribution in [0.15, 0.2) is 18.2 Å². The fraction of sp³-hybridized carbons (Fsp3) is 0.182. The Morgan fingerprint density at radius 3 is 2.56 bits per heavy atom. The SMILES string of the molecule is Cc1cc2c(F)ccc(C)c2[nH]1.O=CNS. The van der Waals surface area contributed by atoms with Crippen LogP contribution >= 0.6 is 12.8 Å². The zero-order chi connectivity index (χ0) is 12.1. The van der Waals surface area contributed by atoms with Crippen molar-refractivity contribution in [2.75, 3.05) is 0 Å². The number of H-pyrrole nitrogens is 1. The number of thiol groups is 1. The molecule has 16 heavy (non-hydrogen) atoms. The Bertz CT molecular complexity index is 457. The lowest BCUT2D eigenvalue weighted by atomic mass is 10.1. The molecule has 0 bridgehead atoms. The van der Waals surface area contributed by atoms with E-state index in [9.17, 15) is 4.39 Å². The molecule has 1 aromatic heterocycles. The third-order valence-electron chi connectivity index (χ3n) is 2.14. The van der Waals surface area contributed by atoms with Gasteiger partial charge in [0.1, 0.15) is 5.82 Å². The van der Waals surface area contributed by atoms with Crippen LogP contribution < -0.4 is 4.72 Å². The molecule has 0 aliphatic carbocycles. The molecule has 0 atom stereocenters. The van der Waals surface area contributed by atoms with Crippen LogP contribution in [0.25, 0.3) is 10.9 Å². The lowest BCUT2D eigenvalue weighted by Crippen LogP contribution is -1.87. The summed E-state index contributed by atoms with van der Waals surface area (Å²) >= 11 is 3.30. The molecule has 3 nitrogen and oxygen atoms in total. The molecule has 1 amide bonds. The maximum Gasteiger partial charge on any atom is 0.216 e. The molecule has 2 rings (SSSR count). The number of benzene rings is 1. The molecule has 0 unspecified atom stereocenters. The maximum atomic E-state index is 13.2. The van der Waals surface area contributed by atoms with E-state index in [4.69, 9.17) is 4.79 Å². The highest BCUT2D eigenvalue weighted by Crippen LogP contribution is 2.21. The van der Waals surface area contributed by atoms with Crippen LogP contribution in [0.1, 0.15) is 11.3 Å². The maximum absolute atomic E-state index is 13.2. The minimum absolute atomic E-state index is 0.153. The van der Waals surface area contributed by atoms with Gasteiger partial charge in [-0.05, 0) is 31.5 Å². The van der Waals surface area contributed by atoms with Crippen molar-refractivity contribution < 1.29 is 9.18 Å². The van der Waals surface area contributed by atoms with Gasteiger partial charge in [0.05, 0.1) is 5.52 Å². The zero-order valence-electron chi connectivity index (χ0n) is 9.04. The van der Waals surface area contributed by atoms with Crippen LogP contribution in [-0.2, 0) is 4.79 Å². The number of carbonyl (C=O) groups excluding carboxylic acids is 1. The molecule has 0 aliphatic heterocycles. The molecule has 0 aliphatic rings. The van der Waals surface area contributed by atoms with E-state index in [0.717, 1.165) is 16.8 Å². The Kier molecular flexibility index (Phi) is 4.37. The normalized spacial score (nSPS) is 9.50. The number of hydrogen-bond acceptors (Lipinski definition) is 2. The van der Waals surface area contributed by atoms with E-state index in [1.807, 2.05) is 24.6 Å². The molecule has 1 aromatic carbocycles. The number of amides is 1. The van der Waals surface area contributed by atoms with Gasteiger partial charge in [0.25, 0.3) is 0 Å². The number of aryl methyl sites for hydroxylation is 2. The molecule has 86 valence electrons. The monoisotopic (exact) mass is 240 g/mol. The van der Waals surface area contributed by atoms with E-state index in [2.05, 4.69) is 17.8 Å². The first-order chi connectivity index (χ1) is 7.60. The second-order valence-corrected chi connectivity index (χ2v) is 3.61. The molecule has 0 saturated carbocycles. The molecule has 5 heteroatoms. The summed E-state index contributed by atoms with van der Waals surface area (Å²) in [6.45, 7) is 3.90. The van der Waals surface area contributed by atoms with Crippen molar-refractivity contribution in [1.82, 2.24) is 9.71 Å². The van der Waals surface area contributed by atoms with Crippen LogP contribution in [0.4, 0.5) is 4.39 Å². The molecule has 2 aromatic rings. The molecule has 0 spiro atoms. The number of aromatic amines is 1. The summed E-state index contributed by atoms with van der Waals surface area (Å²) in [4.78, 5) is 12.1. The van der Waals surface area contributed by atoms with E-state index in [1.165, 1.54) is 6.07 Å². The van der Waals surface area contributed by atoms with E-state index in [1.54, 1.807) is 6.07 Å². The number of carbonyl (C=O) groups is 1. The highest BCUT2D eigenvalue weighted by molar-refractivity contribution is 7.78. The van der Waals surface area contributed by atoms with Crippen LogP contribution in [-0.4, -0.2) is 11.4 Å². The first-order valence-corrected chi connectivity index (χ1v) is 5.12. The number of aromatic nitrogens is 1. The highest BCUT2D eigenvalue weighted by Gasteiger charge is 2.04. The zero-order valence-corrected chi connectivity index (χ0v) is 9.94. The Morgan fingerprint density at radius 2 is 2.06 bits per heavy atom. The summed E-state index contributed by atoms with van der Waals surface area (Å²) in [6.07, 6.45) is 0.489. The Balaban J connectivity index is 0.000000280. The van der Waals surface area contributed by atoms with Crippen molar-refractivity contribution in [3.8, 4) is 0 Å². The molecule has 0 saturated heterocycles. The highest BCUT2D eigenvalue weighted by atomic mass is 32.1. The number of halogens is 1. The topological polar surface area (TPSA) is 44.9 Å². The van der Waals surface area contributed by atoms with Gasteiger partial charge in [-0.3, -0.25) is 4.79 Å². The number of nitrogens with one attached hydrogen (secondary N) is 2. The smallest absolute Gasteiger partial charge is 0.216 e. The summed E-state index contributed by atoms with van der Waals surface area (Å²) in [5.74, 6) is -0.153. The van der Waals surface area contributed by atoms with Crippen molar-refractivity contribution in [2.45, 2.75) is 13.8 Å². The van der Waals surface area contributed by atoms with Gasteiger partial charge >= 0.3 is 0 Å². The first kappa shape index (κ1) is 12.6. The Hall–Kier alpha value is -1.49. The predicted octanol–water partition coefficient (Wildman–Crippen LogP) is 2.50. The average Bonchev–Trinajstić information content (AvgIpc) is 2.67. The van der Waals surface area contributed by atoms with Gasteiger partial charge in [-0.1, -0.05) is 18.9 Å². The summed E-state index contributed by atoms with van der Waals surface area (Å²) in [5, 5.41) is 0.688. The second kappa shape index (κ2) is 5.55. The van der Waals surface area contributed by atoms with Crippen LogP contribution in [0.3, 0.4) is 0 Å².